The van der Waals surface area contributed by atoms with Crippen molar-refractivity contribution in [2.45, 2.75) is 0 Å². The van der Waals surface area contributed by atoms with Crippen LogP contribution in [0.1, 0.15) is 0 Å². The SMILES string of the molecule is CN(CC=O)OCCOCCNC=O. The lowest BCUT2D eigenvalue weighted by molar-refractivity contribution is -0.155. The summed E-state index contributed by atoms with van der Waals surface area (Å²) in [6.07, 6.45) is 1.38. The van der Waals surface area contributed by atoms with Gasteiger partial charge in [-0.05, 0) is 0 Å². The van der Waals surface area contributed by atoms with Crippen molar-refractivity contribution >= 4 is 12.7 Å². The Bertz CT molecular complexity index is 154. The molecule has 0 radical (unpaired) electrons. The smallest absolute Gasteiger partial charge is 0.207 e. The maximum atomic E-state index is 10.0. The molecule has 0 heterocycles. The molecule has 1 N–H and O–H groups in total. The van der Waals surface area contributed by atoms with Crippen molar-refractivity contribution in [1.29, 1.82) is 0 Å². The Morgan fingerprint density at radius 3 is 2.71 bits per heavy atom. The zero-order valence-corrected chi connectivity index (χ0v) is 8.27. The number of nitrogens with zero attached hydrogens (tertiary/aromatic N) is 1. The lowest BCUT2D eigenvalue weighted by atomic mass is 10.7. The number of aldehydes is 1. The number of rotatable bonds is 10. The molecule has 0 rings (SSSR count). The fourth-order valence-electron chi connectivity index (χ4n) is 0.702. The molecule has 14 heavy (non-hydrogen) atoms. The van der Waals surface area contributed by atoms with E-state index in [4.69, 9.17) is 9.57 Å². The molecule has 0 aliphatic rings. The normalized spacial score (nSPS) is 10.1. The summed E-state index contributed by atoms with van der Waals surface area (Å²) in [7, 11) is 1.67. The second kappa shape index (κ2) is 10.1. The van der Waals surface area contributed by atoms with Crippen LogP contribution in [-0.2, 0) is 19.2 Å². The molecule has 6 heteroatoms. The highest BCUT2D eigenvalue weighted by molar-refractivity contribution is 5.51. The number of carbonyl (C=O) groups excluding carboxylic acids is 2. The van der Waals surface area contributed by atoms with Crippen molar-refractivity contribution in [2.75, 3.05) is 40.0 Å². The van der Waals surface area contributed by atoms with E-state index in [1.807, 2.05) is 0 Å². The number of amides is 1. The number of carbonyl (C=O) groups is 2. The van der Waals surface area contributed by atoms with Crippen molar-refractivity contribution in [3.63, 3.8) is 0 Å². The Balaban J connectivity index is 3.04. The summed E-state index contributed by atoms with van der Waals surface area (Å²) in [5, 5.41) is 3.90. The van der Waals surface area contributed by atoms with E-state index in [1.54, 1.807) is 7.05 Å². The summed E-state index contributed by atoms with van der Waals surface area (Å²) in [6, 6.07) is 0. The zero-order valence-electron chi connectivity index (χ0n) is 8.27. The molecule has 0 unspecified atom stereocenters. The fraction of sp³-hybridized carbons (Fsp3) is 0.750. The Morgan fingerprint density at radius 1 is 1.29 bits per heavy atom. The highest BCUT2D eigenvalue weighted by Crippen LogP contribution is 1.83. The first-order valence-corrected chi connectivity index (χ1v) is 4.33. The van der Waals surface area contributed by atoms with Gasteiger partial charge in [0, 0.05) is 13.6 Å². The van der Waals surface area contributed by atoms with Crippen LogP contribution in [0.25, 0.3) is 0 Å². The van der Waals surface area contributed by atoms with E-state index < -0.39 is 0 Å². The van der Waals surface area contributed by atoms with Gasteiger partial charge in [-0.15, -0.1) is 0 Å². The van der Waals surface area contributed by atoms with Crippen LogP contribution in [0.4, 0.5) is 0 Å². The third-order valence-electron chi connectivity index (χ3n) is 1.35. The third kappa shape index (κ3) is 9.11. The molecule has 0 saturated carbocycles. The Hall–Kier alpha value is -0.980. The summed E-state index contributed by atoms with van der Waals surface area (Å²) in [5.74, 6) is 0. The molecule has 0 aliphatic carbocycles. The standard InChI is InChI=1S/C8H16N2O4/c1-10(3-4-11)14-7-6-13-5-2-9-8-12/h4,8H,2-3,5-7H2,1H3,(H,9,12). The maximum absolute atomic E-state index is 10.0. The molecular weight excluding hydrogens is 188 g/mol. The first kappa shape index (κ1) is 13.0. The molecule has 6 nitrogen and oxygen atoms in total. The first-order chi connectivity index (χ1) is 6.81. The van der Waals surface area contributed by atoms with Crippen LogP contribution in [0.3, 0.4) is 0 Å². The van der Waals surface area contributed by atoms with Gasteiger partial charge in [0.2, 0.25) is 6.41 Å². The molecule has 0 aromatic rings. The first-order valence-electron chi connectivity index (χ1n) is 4.33. The highest BCUT2D eigenvalue weighted by Gasteiger charge is 1.95. The Kier molecular flexibility index (Phi) is 9.40. The minimum atomic E-state index is 0.243. The van der Waals surface area contributed by atoms with Crippen molar-refractivity contribution in [1.82, 2.24) is 10.4 Å². The number of hydrogen-bond donors (Lipinski definition) is 1. The maximum Gasteiger partial charge on any atom is 0.207 e. The van der Waals surface area contributed by atoms with Gasteiger partial charge in [0.05, 0.1) is 26.4 Å². The van der Waals surface area contributed by atoms with E-state index in [1.165, 1.54) is 5.06 Å². The summed E-state index contributed by atoms with van der Waals surface area (Å²) < 4.78 is 5.10. The van der Waals surface area contributed by atoms with E-state index in [-0.39, 0.29) is 6.54 Å². The van der Waals surface area contributed by atoms with Crippen molar-refractivity contribution in [3.8, 4) is 0 Å². The van der Waals surface area contributed by atoms with Crippen LogP contribution >= 0.6 is 0 Å². The van der Waals surface area contributed by atoms with E-state index >= 15 is 0 Å². The largest absolute Gasteiger partial charge is 0.377 e. The van der Waals surface area contributed by atoms with E-state index in [9.17, 15) is 9.59 Å². The predicted octanol–water partition coefficient (Wildman–Crippen LogP) is -1.19. The molecule has 0 aliphatic heterocycles. The van der Waals surface area contributed by atoms with Crippen LogP contribution in [0.15, 0.2) is 0 Å². The fourth-order valence-corrected chi connectivity index (χ4v) is 0.702. The summed E-state index contributed by atoms with van der Waals surface area (Å²) in [6.45, 7) is 2.02. The second-order valence-electron chi connectivity index (χ2n) is 2.49. The molecule has 0 aromatic heterocycles. The summed E-state index contributed by atoms with van der Waals surface area (Å²) >= 11 is 0. The summed E-state index contributed by atoms with van der Waals surface area (Å²) in [4.78, 5) is 24.9. The van der Waals surface area contributed by atoms with Crippen LogP contribution in [0, 0.1) is 0 Å². The average Bonchev–Trinajstić information content (AvgIpc) is 2.17. The van der Waals surface area contributed by atoms with Gasteiger partial charge in [0.1, 0.15) is 6.29 Å². The zero-order chi connectivity index (χ0) is 10.6. The van der Waals surface area contributed by atoms with Gasteiger partial charge in [-0.1, -0.05) is 0 Å². The second-order valence-corrected chi connectivity index (χ2v) is 2.49. The van der Waals surface area contributed by atoms with Crippen molar-refractivity contribution in [2.24, 2.45) is 0 Å². The molecule has 0 aromatic carbocycles. The topological polar surface area (TPSA) is 67.9 Å². The molecule has 0 saturated heterocycles. The summed E-state index contributed by atoms with van der Waals surface area (Å²) in [5.41, 5.74) is 0. The van der Waals surface area contributed by atoms with Crippen LogP contribution in [-0.4, -0.2) is 57.7 Å². The third-order valence-corrected chi connectivity index (χ3v) is 1.35. The lowest BCUT2D eigenvalue weighted by Crippen LogP contribution is -2.24. The highest BCUT2D eigenvalue weighted by atomic mass is 16.7. The van der Waals surface area contributed by atoms with E-state index in [0.29, 0.717) is 32.8 Å². The number of nitrogens with one attached hydrogen (secondary N) is 1. The molecule has 1 amide bonds. The monoisotopic (exact) mass is 204 g/mol. The van der Waals surface area contributed by atoms with Gasteiger partial charge in [0.25, 0.3) is 0 Å². The van der Waals surface area contributed by atoms with Gasteiger partial charge in [-0.2, -0.15) is 5.06 Å². The molecule has 0 atom stereocenters. The van der Waals surface area contributed by atoms with E-state index in [2.05, 4.69) is 5.32 Å². The van der Waals surface area contributed by atoms with Gasteiger partial charge in [-0.3, -0.25) is 9.63 Å². The minimum absolute atomic E-state index is 0.243. The van der Waals surface area contributed by atoms with Crippen molar-refractivity contribution < 1.29 is 19.2 Å². The molecule has 0 spiro atoms. The molecule has 0 fully saturated rings. The molecule has 82 valence electrons. The van der Waals surface area contributed by atoms with E-state index in [0.717, 1.165) is 6.29 Å². The van der Waals surface area contributed by atoms with Crippen LogP contribution in [0.2, 0.25) is 0 Å². The van der Waals surface area contributed by atoms with Gasteiger partial charge >= 0.3 is 0 Å². The average molecular weight is 204 g/mol. The predicted molar refractivity (Wildman–Crippen MR) is 49.5 cm³/mol. The van der Waals surface area contributed by atoms with Crippen LogP contribution < -0.4 is 5.32 Å². The van der Waals surface area contributed by atoms with Crippen molar-refractivity contribution in [3.05, 3.63) is 0 Å². The van der Waals surface area contributed by atoms with Crippen LogP contribution in [0.5, 0.6) is 0 Å². The number of ether oxygens (including phenoxy) is 1. The minimum Gasteiger partial charge on any atom is -0.377 e. The quantitative estimate of drug-likeness (QED) is 0.275. The number of likely N-dealkylation sites (N-methyl/N-ethyl adjacent to an activating group) is 1. The van der Waals surface area contributed by atoms with Gasteiger partial charge in [0.15, 0.2) is 0 Å². The lowest BCUT2D eigenvalue weighted by Gasteiger charge is -2.13. The molecular formula is C8H16N2O4. The Morgan fingerprint density at radius 2 is 2.07 bits per heavy atom. The van der Waals surface area contributed by atoms with Gasteiger partial charge < -0.3 is 14.8 Å². The van der Waals surface area contributed by atoms with Gasteiger partial charge in [-0.25, -0.2) is 0 Å². The number of hydroxylamine groups is 2. The Labute approximate surface area is 83.1 Å². The number of hydrogen-bond acceptors (Lipinski definition) is 5. The molecule has 0 bridgehead atoms.